The number of pyridine rings is 2. The van der Waals surface area contributed by atoms with E-state index in [9.17, 15) is 5.26 Å². The van der Waals surface area contributed by atoms with Gasteiger partial charge in [-0.2, -0.15) is 5.26 Å². The monoisotopic (exact) mass is 566 g/mol. The number of hydrogen-bond acceptors (Lipinski definition) is 10. The summed E-state index contributed by atoms with van der Waals surface area (Å²) in [5, 5.41) is 14.1. The standard InChI is InChI=1S/C31H39BN8O2/c1-22-16-39(27-5-2-23(14-33)30-26(27)4-6-28(32)36-30)18-25(42-22)17-37-9-11-38(12-10-37)24-3-7-29(35-15-24)40-20-31(21-40)19-34-8-13-41-31/h2-7,15,22,25,34H,8-13,16-21,32H2,1H3/t22-,25+/m1/s1. The van der Waals surface area contributed by atoms with Crippen LogP contribution in [-0.2, 0) is 9.47 Å². The molecule has 218 valence electrons. The van der Waals surface area contributed by atoms with E-state index in [-0.39, 0.29) is 17.8 Å². The minimum Gasteiger partial charge on any atom is -0.370 e. The van der Waals surface area contributed by atoms with Crippen LogP contribution < -0.4 is 25.6 Å². The molecule has 1 N–H and O–H groups in total. The second-order valence-electron chi connectivity index (χ2n) is 12.3. The lowest BCUT2D eigenvalue weighted by molar-refractivity contribution is -0.0831. The molecule has 2 atom stereocenters. The number of aromatic nitrogens is 2. The van der Waals surface area contributed by atoms with E-state index in [2.05, 4.69) is 62.2 Å². The first-order chi connectivity index (χ1) is 20.5. The first-order valence-electron chi connectivity index (χ1n) is 15.2. The maximum absolute atomic E-state index is 9.63. The van der Waals surface area contributed by atoms with Crippen molar-refractivity contribution in [3.63, 3.8) is 0 Å². The predicted octanol–water partition coefficient (Wildman–Crippen LogP) is 0.354. The molecule has 6 heterocycles. The zero-order valence-electron chi connectivity index (χ0n) is 24.6. The molecule has 2 aromatic heterocycles. The van der Waals surface area contributed by atoms with Crippen LogP contribution in [0.1, 0.15) is 12.5 Å². The van der Waals surface area contributed by atoms with Gasteiger partial charge >= 0.3 is 0 Å². The Hall–Kier alpha value is -3.43. The first-order valence-corrected chi connectivity index (χ1v) is 15.2. The lowest BCUT2D eigenvalue weighted by Crippen LogP contribution is -2.70. The molecule has 11 heteroatoms. The number of nitrogens with one attached hydrogen (secondary N) is 1. The normalized spacial score (nSPS) is 24.5. The Balaban J connectivity index is 0.945. The van der Waals surface area contributed by atoms with Gasteiger partial charge in [-0.05, 0) is 42.8 Å². The lowest BCUT2D eigenvalue weighted by atomic mass is 9.92. The van der Waals surface area contributed by atoms with Crippen molar-refractivity contribution in [2.45, 2.75) is 24.7 Å². The van der Waals surface area contributed by atoms with Gasteiger partial charge in [0.2, 0.25) is 0 Å². The van der Waals surface area contributed by atoms with Crippen LogP contribution in [0.3, 0.4) is 0 Å². The van der Waals surface area contributed by atoms with E-state index in [0.29, 0.717) is 5.56 Å². The number of nitrogens with zero attached hydrogens (tertiary/aromatic N) is 7. The summed E-state index contributed by atoms with van der Waals surface area (Å²) in [6.45, 7) is 13.1. The van der Waals surface area contributed by atoms with Gasteiger partial charge in [0.25, 0.3) is 0 Å². The van der Waals surface area contributed by atoms with E-state index in [0.717, 1.165) is 107 Å². The molecule has 0 bridgehead atoms. The van der Waals surface area contributed by atoms with Crippen LogP contribution in [0.25, 0.3) is 10.9 Å². The number of rotatable bonds is 5. The summed E-state index contributed by atoms with van der Waals surface area (Å²) in [6.07, 6.45) is 2.27. The van der Waals surface area contributed by atoms with Crippen LogP contribution in [0.15, 0.2) is 42.6 Å². The molecule has 0 unspecified atom stereocenters. The number of fused-ring (bicyclic) bond motifs is 1. The van der Waals surface area contributed by atoms with E-state index < -0.39 is 0 Å². The average molecular weight is 567 g/mol. The minimum atomic E-state index is -0.0298. The summed E-state index contributed by atoms with van der Waals surface area (Å²) in [6, 6.07) is 14.8. The quantitative estimate of drug-likeness (QED) is 0.437. The molecule has 0 radical (unpaired) electrons. The van der Waals surface area contributed by atoms with E-state index >= 15 is 0 Å². The van der Waals surface area contributed by atoms with Crippen molar-refractivity contribution in [2.75, 3.05) is 93.3 Å². The maximum atomic E-state index is 9.63. The van der Waals surface area contributed by atoms with Crippen LogP contribution in [0.4, 0.5) is 17.2 Å². The fourth-order valence-electron chi connectivity index (χ4n) is 6.96. The summed E-state index contributed by atoms with van der Waals surface area (Å²) in [5.41, 5.74) is 4.63. The summed E-state index contributed by atoms with van der Waals surface area (Å²) in [4.78, 5) is 19.2. The summed E-state index contributed by atoms with van der Waals surface area (Å²) >= 11 is 0. The molecule has 4 aliphatic rings. The summed E-state index contributed by atoms with van der Waals surface area (Å²) in [7, 11) is 1.97. The highest BCUT2D eigenvalue weighted by atomic mass is 16.5. The third-order valence-corrected chi connectivity index (χ3v) is 9.11. The third kappa shape index (κ3) is 5.40. The second kappa shape index (κ2) is 11.3. The number of ether oxygens (including phenoxy) is 2. The van der Waals surface area contributed by atoms with Crippen LogP contribution in [0.2, 0.25) is 0 Å². The molecule has 0 aliphatic carbocycles. The topological polar surface area (TPSA) is 93.0 Å². The Morgan fingerprint density at radius 2 is 1.90 bits per heavy atom. The van der Waals surface area contributed by atoms with E-state index in [1.54, 1.807) is 0 Å². The molecule has 4 aliphatic heterocycles. The van der Waals surface area contributed by atoms with Gasteiger partial charge in [-0.25, -0.2) is 4.98 Å². The lowest BCUT2D eigenvalue weighted by Gasteiger charge is -2.52. The largest absolute Gasteiger partial charge is 0.370 e. The summed E-state index contributed by atoms with van der Waals surface area (Å²) < 4.78 is 12.5. The Kier molecular flexibility index (Phi) is 7.40. The van der Waals surface area contributed by atoms with E-state index in [1.165, 1.54) is 5.69 Å². The first kappa shape index (κ1) is 27.4. The van der Waals surface area contributed by atoms with Crippen molar-refractivity contribution in [2.24, 2.45) is 0 Å². The Labute approximate surface area is 248 Å². The number of benzene rings is 1. The third-order valence-electron chi connectivity index (χ3n) is 9.11. The zero-order valence-corrected chi connectivity index (χ0v) is 24.6. The Morgan fingerprint density at radius 1 is 1.05 bits per heavy atom. The number of hydrogen-bond donors (Lipinski definition) is 1. The molecule has 4 fully saturated rings. The maximum Gasteiger partial charge on any atom is 0.163 e. The van der Waals surface area contributed by atoms with Gasteiger partial charge in [0.05, 0.1) is 54.9 Å². The Bertz CT molecular complexity index is 1460. The molecule has 0 saturated carbocycles. The predicted molar refractivity (Wildman–Crippen MR) is 168 cm³/mol. The fraction of sp³-hybridized carbons (Fsp3) is 0.516. The molecule has 1 aromatic carbocycles. The highest BCUT2D eigenvalue weighted by Crippen LogP contribution is 2.32. The molecule has 10 nitrogen and oxygen atoms in total. The van der Waals surface area contributed by atoms with Crippen molar-refractivity contribution in [3.8, 4) is 6.07 Å². The van der Waals surface area contributed by atoms with Gasteiger partial charge in [0.15, 0.2) is 7.85 Å². The number of anilines is 3. The van der Waals surface area contributed by atoms with E-state index in [1.807, 2.05) is 26.2 Å². The van der Waals surface area contributed by atoms with Crippen LogP contribution >= 0.6 is 0 Å². The average Bonchev–Trinajstić information content (AvgIpc) is 3.00. The SMILES string of the molecule is Bc1ccc2c(N3C[C@H](CN4CCN(c5ccc(N6CC7(CNCCO7)C6)nc5)CC4)O[C@H](C)C3)ccc(C#N)c2n1. The van der Waals surface area contributed by atoms with Crippen LogP contribution in [0, 0.1) is 11.3 Å². The second-order valence-corrected chi connectivity index (χ2v) is 12.3. The number of piperazine rings is 1. The highest BCUT2D eigenvalue weighted by molar-refractivity contribution is 6.31. The molecular weight excluding hydrogens is 527 g/mol. The molecule has 3 aromatic rings. The van der Waals surface area contributed by atoms with Gasteiger partial charge in [-0.3, -0.25) is 9.88 Å². The van der Waals surface area contributed by atoms with Crippen molar-refractivity contribution in [3.05, 3.63) is 48.2 Å². The molecule has 7 rings (SSSR count). The summed E-state index contributed by atoms with van der Waals surface area (Å²) in [5.74, 6) is 1.03. The Morgan fingerprint density at radius 3 is 2.64 bits per heavy atom. The van der Waals surface area contributed by atoms with Crippen LogP contribution in [-0.4, -0.2) is 119 Å². The zero-order chi connectivity index (χ0) is 28.7. The number of nitriles is 1. The molecule has 1 spiro atoms. The highest BCUT2D eigenvalue weighted by Gasteiger charge is 2.45. The van der Waals surface area contributed by atoms with Gasteiger partial charge in [-0.1, -0.05) is 6.07 Å². The van der Waals surface area contributed by atoms with Gasteiger partial charge < -0.3 is 29.5 Å². The van der Waals surface area contributed by atoms with Gasteiger partial charge in [0.1, 0.15) is 17.5 Å². The van der Waals surface area contributed by atoms with Crippen LogP contribution in [0.5, 0.6) is 0 Å². The van der Waals surface area contributed by atoms with Gasteiger partial charge in [0, 0.05) is 70.0 Å². The van der Waals surface area contributed by atoms with E-state index in [4.69, 9.17) is 19.4 Å². The van der Waals surface area contributed by atoms with Crippen molar-refractivity contribution in [1.29, 1.82) is 5.26 Å². The van der Waals surface area contributed by atoms with Crippen molar-refractivity contribution < 1.29 is 9.47 Å². The number of morpholine rings is 2. The van der Waals surface area contributed by atoms with Gasteiger partial charge in [-0.15, -0.1) is 0 Å². The molecule has 0 amide bonds. The molecule has 4 saturated heterocycles. The fourth-order valence-corrected chi connectivity index (χ4v) is 6.96. The minimum absolute atomic E-state index is 0.0298. The van der Waals surface area contributed by atoms with Crippen molar-refractivity contribution in [1.82, 2.24) is 20.2 Å². The molecular formula is C31H39BN8O2. The van der Waals surface area contributed by atoms with Crippen molar-refractivity contribution >= 4 is 41.5 Å². The molecule has 42 heavy (non-hydrogen) atoms. The smallest absolute Gasteiger partial charge is 0.163 e.